The summed E-state index contributed by atoms with van der Waals surface area (Å²) in [5.41, 5.74) is 0.982. The fraction of sp³-hybridized carbons (Fsp3) is 0.667. The van der Waals surface area contributed by atoms with Crippen LogP contribution in [0.2, 0.25) is 0 Å². The van der Waals surface area contributed by atoms with Crippen molar-refractivity contribution in [2.24, 2.45) is 11.8 Å². The third-order valence-corrected chi connectivity index (χ3v) is 3.79. The lowest BCUT2D eigenvalue weighted by atomic mass is 9.79. The van der Waals surface area contributed by atoms with Crippen LogP contribution in [0.5, 0.6) is 0 Å². The van der Waals surface area contributed by atoms with E-state index in [1.54, 1.807) is 0 Å². The molecule has 0 radical (unpaired) electrons. The monoisotopic (exact) mass is 296 g/mol. The van der Waals surface area contributed by atoms with Gasteiger partial charge in [-0.1, -0.05) is 19.8 Å². The molecule has 2 unspecified atom stereocenters. The maximum atomic E-state index is 11.1. The van der Waals surface area contributed by atoms with Gasteiger partial charge in [0.15, 0.2) is 0 Å². The molecule has 1 aromatic heterocycles. The van der Waals surface area contributed by atoms with E-state index in [0.717, 1.165) is 12.8 Å². The predicted molar refractivity (Wildman–Crippen MR) is 77.6 cm³/mol. The number of nitro groups is 1. The zero-order valence-corrected chi connectivity index (χ0v) is 11.9. The maximum Gasteiger partial charge on any atom is 0.354 e. The number of nitrogen functional groups attached to an aromatic ring is 1. The number of anilines is 2. The smallest absolute Gasteiger partial charge is 0.354 e. The molecule has 21 heavy (non-hydrogen) atoms. The van der Waals surface area contributed by atoms with Crippen LogP contribution in [-0.4, -0.2) is 32.1 Å². The highest BCUT2D eigenvalue weighted by Gasteiger charge is 2.33. The van der Waals surface area contributed by atoms with Gasteiger partial charge in [-0.05, 0) is 18.8 Å². The molecule has 1 aliphatic rings. The molecule has 0 bridgehead atoms. The van der Waals surface area contributed by atoms with Crippen molar-refractivity contribution in [2.75, 3.05) is 17.3 Å². The van der Waals surface area contributed by atoms with Crippen LogP contribution in [0.1, 0.15) is 32.6 Å². The Morgan fingerprint density at radius 3 is 2.90 bits per heavy atom. The topological polar surface area (TPSA) is 139 Å². The van der Waals surface area contributed by atoms with E-state index < -0.39 is 10.5 Å². The van der Waals surface area contributed by atoms with Crippen molar-refractivity contribution in [1.82, 2.24) is 9.97 Å². The average Bonchev–Trinajstić information content (AvgIpc) is 2.44. The van der Waals surface area contributed by atoms with Gasteiger partial charge >= 0.3 is 5.69 Å². The highest BCUT2D eigenvalue weighted by atomic mass is 16.6. The fourth-order valence-corrected chi connectivity index (χ4v) is 2.83. The maximum absolute atomic E-state index is 11.1. The Labute approximate surface area is 122 Å². The number of hydrazine groups is 1. The van der Waals surface area contributed by atoms with Crippen molar-refractivity contribution in [2.45, 2.75) is 38.2 Å². The first-order valence-corrected chi connectivity index (χ1v) is 6.87. The minimum absolute atomic E-state index is 0.0506. The average molecular weight is 296 g/mol. The molecule has 0 amide bonds. The Balaban J connectivity index is 2.14. The number of hydrogen-bond acceptors (Lipinski definition) is 8. The van der Waals surface area contributed by atoms with E-state index in [1.165, 1.54) is 6.33 Å². The summed E-state index contributed by atoms with van der Waals surface area (Å²) in [6.07, 6.45) is 4.56. The Hall–Kier alpha value is -2.00. The Bertz CT molecular complexity index is 526. The van der Waals surface area contributed by atoms with Gasteiger partial charge in [-0.15, -0.1) is 0 Å². The molecule has 0 aliphatic heterocycles. The third-order valence-electron chi connectivity index (χ3n) is 3.79. The molecule has 9 heteroatoms. The van der Waals surface area contributed by atoms with Crippen LogP contribution in [-0.2, 0) is 0 Å². The standard InChI is InChI=1S/C12H20N6O3/c1-8-3-2-4-12(19,5-8)6-14-10-9(18(20)21)11(17-13)16-7-15-10/h7-8,19H,2-6,13H2,1H3,(H2,14,15,16,17). The Morgan fingerprint density at radius 1 is 1.57 bits per heavy atom. The second-order valence-electron chi connectivity index (χ2n) is 5.60. The highest BCUT2D eigenvalue weighted by Crippen LogP contribution is 2.34. The van der Waals surface area contributed by atoms with Crippen LogP contribution in [0.3, 0.4) is 0 Å². The fourth-order valence-electron chi connectivity index (χ4n) is 2.83. The summed E-state index contributed by atoms with van der Waals surface area (Å²) in [5, 5.41) is 24.5. The summed E-state index contributed by atoms with van der Waals surface area (Å²) in [6.45, 7) is 2.30. The Morgan fingerprint density at radius 2 is 2.29 bits per heavy atom. The van der Waals surface area contributed by atoms with Crippen LogP contribution in [0.15, 0.2) is 6.33 Å². The van der Waals surface area contributed by atoms with E-state index in [-0.39, 0.29) is 23.9 Å². The number of aromatic nitrogens is 2. The lowest BCUT2D eigenvalue weighted by molar-refractivity contribution is -0.383. The van der Waals surface area contributed by atoms with Gasteiger partial charge in [0.05, 0.1) is 10.5 Å². The van der Waals surface area contributed by atoms with Gasteiger partial charge in [-0.3, -0.25) is 10.1 Å². The van der Waals surface area contributed by atoms with Crippen LogP contribution < -0.4 is 16.6 Å². The van der Waals surface area contributed by atoms with E-state index in [0.29, 0.717) is 18.8 Å². The van der Waals surface area contributed by atoms with Gasteiger partial charge in [0.25, 0.3) is 0 Å². The molecule has 1 aliphatic carbocycles. The quantitative estimate of drug-likeness (QED) is 0.359. The molecular weight excluding hydrogens is 276 g/mol. The summed E-state index contributed by atoms with van der Waals surface area (Å²) in [5.74, 6) is 5.64. The van der Waals surface area contributed by atoms with Gasteiger partial charge in [0.1, 0.15) is 6.33 Å². The molecular formula is C12H20N6O3. The zero-order chi connectivity index (χ0) is 15.5. The van der Waals surface area contributed by atoms with Gasteiger partial charge < -0.3 is 15.8 Å². The van der Waals surface area contributed by atoms with Crippen molar-refractivity contribution >= 4 is 17.3 Å². The van der Waals surface area contributed by atoms with E-state index in [9.17, 15) is 15.2 Å². The number of aliphatic hydroxyl groups is 1. The normalized spacial score (nSPS) is 25.4. The van der Waals surface area contributed by atoms with E-state index in [4.69, 9.17) is 5.84 Å². The summed E-state index contributed by atoms with van der Waals surface area (Å²) < 4.78 is 0. The van der Waals surface area contributed by atoms with Crippen molar-refractivity contribution in [3.05, 3.63) is 16.4 Å². The number of nitrogens with two attached hydrogens (primary N) is 1. The first kappa shape index (κ1) is 15.4. The predicted octanol–water partition coefficient (Wildman–Crippen LogP) is 1.02. The first-order valence-electron chi connectivity index (χ1n) is 6.87. The van der Waals surface area contributed by atoms with Crippen molar-refractivity contribution in [1.29, 1.82) is 0 Å². The number of nitrogens with one attached hydrogen (secondary N) is 2. The van der Waals surface area contributed by atoms with Crippen LogP contribution >= 0.6 is 0 Å². The van der Waals surface area contributed by atoms with Crippen molar-refractivity contribution < 1.29 is 10.0 Å². The summed E-state index contributed by atoms with van der Waals surface area (Å²) in [6, 6.07) is 0. The largest absolute Gasteiger partial charge is 0.388 e. The third kappa shape index (κ3) is 3.56. The molecule has 9 nitrogen and oxygen atoms in total. The lowest BCUT2D eigenvalue weighted by Gasteiger charge is -2.35. The van der Waals surface area contributed by atoms with Crippen molar-refractivity contribution in [3.8, 4) is 0 Å². The van der Waals surface area contributed by atoms with Crippen molar-refractivity contribution in [3.63, 3.8) is 0 Å². The second-order valence-corrected chi connectivity index (χ2v) is 5.60. The summed E-state index contributed by atoms with van der Waals surface area (Å²) in [4.78, 5) is 18.1. The zero-order valence-electron chi connectivity index (χ0n) is 11.9. The molecule has 1 aromatic rings. The van der Waals surface area contributed by atoms with E-state index in [2.05, 4.69) is 27.6 Å². The summed E-state index contributed by atoms with van der Waals surface area (Å²) in [7, 11) is 0. The van der Waals surface area contributed by atoms with Gasteiger partial charge in [-0.2, -0.15) is 0 Å². The van der Waals surface area contributed by atoms with Gasteiger partial charge in [0, 0.05) is 6.54 Å². The number of rotatable bonds is 5. The minimum Gasteiger partial charge on any atom is -0.388 e. The Kier molecular flexibility index (Phi) is 4.53. The highest BCUT2D eigenvalue weighted by molar-refractivity contribution is 5.68. The molecule has 0 saturated heterocycles. The van der Waals surface area contributed by atoms with Crippen LogP contribution in [0.25, 0.3) is 0 Å². The molecule has 2 atom stereocenters. The first-order chi connectivity index (χ1) is 9.95. The summed E-state index contributed by atoms with van der Waals surface area (Å²) >= 11 is 0. The number of hydrogen-bond donors (Lipinski definition) is 4. The SMILES string of the molecule is CC1CCCC(O)(CNc2ncnc(NN)c2[N+](=O)[O-])C1. The van der Waals surface area contributed by atoms with Gasteiger partial charge in [-0.25, -0.2) is 15.8 Å². The molecule has 1 fully saturated rings. The van der Waals surface area contributed by atoms with E-state index in [1.807, 2.05) is 0 Å². The van der Waals surface area contributed by atoms with Crippen LogP contribution in [0, 0.1) is 16.0 Å². The molecule has 1 heterocycles. The van der Waals surface area contributed by atoms with Gasteiger partial charge in [0.2, 0.25) is 11.6 Å². The molecule has 116 valence electrons. The lowest BCUT2D eigenvalue weighted by Crippen LogP contribution is -2.41. The second kappa shape index (κ2) is 6.19. The molecule has 0 aromatic carbocycles. The molecule has 2 rings (SSSR count). The van der Waals surface area contributed by atoms with Crippen LogP contribution in [0.4, 0.5) is 17.3 Å². The molecule has 5 N–H and O–H groups in total. The van der Waals surface area contributed by atoms with E-state index >= 15 is 0 Å². The molecule has 1 saturated carbocycles. The minimum atomic E-state index is -0.868. The number of nitrogens with zero attached hydrogens (tertiary/aromatic N) is 3. The molecule has 0 spiro atoms.